The maximum atomic E-state index is 12.6. The van der Waals surface area contributed by atoms with Gasteiger partial charge in [0.25, 0.3) is 0 Å². The summed E-state index contributed by atoms with van der Waals surface area (Å²) in [6.45, 7) is 5.41. The SMILES string of the molecule is CC1CCC(C(=O)O)CN1C(=O)Cc1ccc(S(=O)(=O)C(C)C)cc1. The number of aliphatic carboxylic acids is 1. The Morgan fingerprint density at radius 3 is 2.32 bits per heavy atom. The molecule has 0 aliphatic carbocycles. The first-order chi connectivity index (χ1) is 11.6. The molecule has 0 radical (unpaired) electrons. The maximum Gasteiger partial charge on any atom is 0.308 e. The van der Waals surface area contributed by atoms with Crippen molar-refractivity contribution in [3.63, 3.8) is 0 Å². The van der Waals surface area contributed by atoms with E-state index < -0.39 is 27.0 Å². The van der Waals surface area contributed by atoms with Crippen molar-refractivity contribution in [3.05, 3.63) is 29.8 Å². The smallest absolute Gasteiger partial charge is 0.308 e. The zero-order chi connectivity index (χ0) is 18.8. The van der Waals surface area contributed by atoms with Gasteiger partial charge in [0.2, 0.25) is 5.91 Å². The zero-order valence-electron chi connectivity index (χ0n) is 14.8. The van der Waals surface area contributed by atoms with Gasteiger partial charge >= 0.3 is 5.97 Å². The molecule has 25 heavy (non-hydrogen) atoms. The molecular weight excluding hydrogens is 342 g/mol. The molecule has 0 bridgehead atoms. The standard InChI is InChI=1S/C18H25NO5S/c1-12(2)25(23,24)16-8-5-14(6-9-16)10-17(20)19-11-15(18(21)22)7-4-13(19)3/h5-6,8-9,12-13,15H,4,7,10-11H2,1-3H3,(H,21,22). The predicted molar refractivity (Wildman–Crippen MR) is 94.0 cm³/mol. The lowest BCUT2D eigenvalue weighted by atomic mass is 9.93. The van der Waals surface area contributed by atoms with Crippen LogP contribution in [0.4, 0.5) is 0 Å². The number of hydrogen-bond acceptors (Lipinski definition) is 4. The predicted octanol–water partition coefficient (Wildman–Crippen LogP) is 2.12. The number of carboxylic acid groups (broad SMARTS) is 1. The Hall–Kier alpha value is -1.89. The fourth-order valence-electron chi connectivity index (χ4n) is 3.00. The molecule has 1 fully saturated rings. The van der Waals surface area contributed by atoms with Crippen LogP contribution in [0.2, 0.25) is 0 Å². The number of carboxylic acids is 1. The molecule has 6 nitrogen and oxygen atoms in total. The van der Waals surface area contributed by atoms with E-state index in [-0.39, 0.29) is 29.8 Å². The molecule has 0 spiro atoms. The van der Waals surface area contributed by atoms with Crippen LogP contribution in [0.5, 0.6) is 0 Å². The van der Waals surface area contributed by atoms with E-state index in [1.807, 2.05) is 6.92 Å². The summed E-state index contributed by atoms with van der Waals surface area (Å²) in [5, 5.41) is 8.67. The van der Waals surface area contributed by atoms with E-state index in [2.05, 4.69) is 0 Å². The van der Waals surface area contributed by atoms with Gasteiger partial charge in [0, 0.05) is 12.6 Å². The number of likely N-dealkylation sites (tertiary alicyclic amines) is 1. The Labute approximate surface area is 148 Å². The molecule has 1 aliphatic heterocycles. The lowest BCUT2D eigenvalue weighted by Gasteiger charge is -2.36. The van der Waals surface area contributed by atoms with E-state index in [1.165, 1.54) is 12.1 Å². The third kappa shape index (κ3) is 4.39. The largest absolute Gasteiger partial charge is 0.481 e. The van der Waals surface area contributed by atoms with Crippen LogP contribution in [0.25, 0.3) is 0 Å². The number of carbonyl (C=O) groups is 2. The maximum absolute atomic E-state index is 12.6. The number of nitrogens with zero attached hydrogens (tertiary/aromatic N) is 1. The van der Waals surface area contributed by atoms with Crippen LogP contribution in [0.3, 0.4) is 0 Å². The van der Waals surface area contributed by atoms with Gasteiger partial charge in [0.05, 0.1) is 22.5 Å². The Morgan fingerprint density at radius 1 is 1.20 bits per heavy atom. The van der Waals surface area contributed by atoms with Crippen LogP contribution in [-0.4, -0.2) is 48.1 Å². The Morgan fingerprint density at radius 2 is 1.80 bits per heavy atom. The Kier molecular flexibility index (Phi) is 5.87. The highest BCUT2D eigenvalue weighted by Gasteiger charge is 2.32. The van der Waals surface area contributed by atoms with E-state index in [0.29, 0.717) is 12.8 Å². The lowest BCUT2D eigenvalue weighted by molar-refractivity contribution is -0.147. The summed E-state index contributed by atoms with van der Waals surface area (Å²) in [4.78, 5) is 25.6. The molecular formula is C18H25NO5S. The molecule has 1 aliphatic rings. The van der Waals surface area contributed by atoms with E-state index in [4.69, 9.17) is 0 Å². The van der Waals surface area contributed by atoms with Gasteiger partial charge in [-0.3, -0.25) is 9.59 Å². The van der Waals surface area contributed by atoms with Gasteiger partial charge in [0.1, 0.15) is 0 Å². The third-order valence-electron chi connectivity index (χ3n) is 4.78. The van der Waals surface area contributed by atoms with Crippen molar-refractivity contribution in [2.45, 2.75) is 56.2 Å². The molecule has 2 unspecified atom stereocenters. The highest BCUT2D eigenvalue weighted by atomic mass is 32.2. The minimum absolute atomic E-state index is 0.0173. The fourth-order valence-corrected chi connectivity index (χ4v) is 4.06. The second-order valence-corrected chi connectivity index (χ2v) is 9.43. The first-order valence-corrected chi connectivity index (χ1v) is 10.0. The van der Waals surface area contributed by atoms with Crippen LogP contribution in [0.15, 0.2) is 29.2 Å². The monoisotopic (exact) mass is 367 g/mol. The topological polar surface area (TPSA) is 91.8 Å². The molecule has 1 saturated heterocycles. The number of rotatable bonds is 5. The quantitative estimate of drug-likeness (QED) is 0.861. The summed E-state index contributed by atoms with van der Waals surface area (Å²) in [5.41, 5.74) is 0.720. The summed E-state index contributed by atoms with van der Waals surface area (Å²) in [7, 11) is -3.33. The van der Waals surface area contributed by atoms with E-state index in [0.717, 1.165) is 5.56 Å². The molecule has 1 amide bonds. The molecule has 1 aromatic rings. The Balaban J connectivity index is 2.09. The van der Waals surface area contributed by atoms with E-state index in [9.17, 15) is 23.1 Å². The summed E-state index contributed by atoms with van der Waals surface area (Å²) >= 11 is 0. The van der Waals surface area contributed by atoms with Crippen LogP contribution in [-0.2, 0) is 25.8 Å². The average molecular weight is 367 g/mol. The average Bonchev–Trinajstić information content (AvgIpc) is 2.55. The van der Waals surface area contributed by atoms with Crippen molar-refractivity contribution in [1.82, 2.24) is 4.90 Å². The number of hydrogen-bond donors (Lipinski definition) is 1. The number of benzene rings is 1. The Bertz CT molecular complexity index is 739. The minimum Gasteiger partial charge on any atom is -0.481 e. The summed E-state index contributed by atoms with van der Waals surface area (Å²) < 4.78 is 24.2. The normalized spacial score (nSPS) is 21.4. The highest BCUT2D eigenvalue weighted by Crippen LogP contribution is 2.23. The van der Waals surface area contributed by atoms with Gasteiger partial charge in [-0.1, -0.05) is 12.1 Å². The number of piperidine rings is 1. The molecule has 1 aromatic carbocycles. The number of sulfone groups is 1. The number of amides is 1. The van der Waals surface area contributed by atoms with Gasteiger partial charge in [-0.05, 0) is 51.3 Å². The van der Waals surface area contributed by atoms with E-state index in [1.54, 1.807) is 30.9 Å². The minimum atomic E-state index is -3.33. The first kappa shape index (κ1) is 19.4. The third-order valence-corrected chi connectivity index (χ3v) is 6.95. The van der Waals surface area contributed by atoms with Crippen molar-refractivity contribution in [2.24, 2.45) is 5.92 Å². The first-order valence-electron chi connectivity index (χ1n) is 8.48. The van der Waals surface area contributed by atoms with Crippen LogP contribution < -0.4 is 0 Å². The van der Waals surface area contributed by atoms with Gasteiger partial charge in [0.15, 0.2) is 9.84 Å². The summed E-state index contributed by atoms with van der Waals surface area (Å²) in [6.07, 6.45) is 1.40. The van der Waals surface area contributed by atoms with Gasteiger partial charge < -0.3 is 10.0 Å². The van der Waals surface area contributed by atoms with Crippen molar-refractivity contribution >= 4 is 21.7 Å². The highest BCUT2D eigenvalue weighted by molar-refractivity contribution is 7.92. The van der Waals surface area contributed by atoms with Gasteiger partial charge in [-0.2, -0.15) is 0 Å². The summed E-state index contributed by atoms with van der Waals surface area (Å²) in [5.74, 6) is -1.51. The van der Waals surface area contributed by atoms with Gasteiger partial charge in [-0.15, -0.1) is 0 Å². The molecule has 0 saturated carbocycles. The molecule has 2 atom stereocenters. The fraction of sp³-hybridized carbons (Fsp3) is 0.556. The van der Waals surface area contributed by atoms with Crippen molar-refractivity contribution in [2.75, 3.05) is 6.54 Å². The van der Waals surface area contributed by atoms with Crippen LogP contribution in [0.1, 0.15) is 39.2 Å². The summed E-state index contributed by atoms with van der Waals surface area (Å²) in [6, 6.07) is 6.37. The molecule has 7 heteroatoms. The van der Waals surface area contributed by atoms with Crippen LogP contribution in [0, 0.1) is 5.92 Å². The second kappa shape index (κ2) is 7.56. The van der Waals surface area contributed by atoms with Gasteiger partial charge in [-0.25, -0.2) is 8.42 Å². The molecule has 0 aromatic heterocycles. The zero-order valence-corrected chi connectivity index (χ0v) is 15.6. The van der Waals surface area contributed by atoms with Crippen molar-refractivity contribution in [1.29, 1.82) is 0 Å². The molecule has 1 heterocycles. The molecule has 2 rings (SSSR count). The molecule has 138 valence electrons. The van der Waals surface area contributed by atoms with E-state index >= 15 is 0 Å². The second-order valence-electron chi connectivity index (χ2n) is 6.92. The lowest BCUT2D eigenvalue weighted by Crippen LogP contribution is -2.47. The molecule has 1 N–H and O–H groups in total. The van der Waals surface area contributed by atoms with Crippen molar-refractivity contribution < 1.29 is 23.1 Å². The number of carbonyl (C=O) groups excluding carboxylic acids is 1. The van der Waals surface area contributed by atoms with Crippen molar-refractivity contribution in [3.8, 4) is 0 Å². The van der Waals surface area contributed by atoms with Crippen LogP contribution >= 0.6 is 0 Å².